The van der Waals surface area contributed by atoms with Gasteiger partial charge in [-0.05, 0) is 42.7 Å². The SMILES string of the molecule is CCCNC(=O)[C@H](Cc1ccccc1)N(Cc1cccc(C)c1)C(=O)COc1cccc(Cl)c1. The van der Waals surface area contributed by atoms with Crippen molar-refractivity contribution in [2.45, 2.75) is 39.3 Å². The first-order valence-electron chi connectivity index (χ1n) is 11.5. The van der Waals surface area contributed by atoms with Gasteiger partial charge < -0.3 is 15.0 Å². The number of aryl methyl sites for hydroxylation is 1. The summed E-state index contributed by atoms with van der Waals surface area (Å²) in [6, 6.07) is 24.0. The second-order valence-corrected chi connectivity index (χ2v) is 8.69. The number of nitrogens with zero attached hydrogens (tertiary/aromatic N) is 1. The summed E-state index contributed by atoms with van der Waals surface area (Å²) < 4.78 is 5.74. The quantitative estimate of drug-likeness (QED) is 0.412. The van der Waals surface area contributed by atoms with Gasteiger partial charge in [-0.1, -0.05) is 84.8 Å². The number of halogens is 1. The van der Waals surface area contributed by atoms with Crippen LogP contribution in [0.5, 0.6) is 5.75 Å². The van der Waals surface area contributed by atoms with Gasteiger partial charge in [0.2, 0.25) is 5.91 Å². The molecule has 2 amide bonds. The smallest absolute Gasteiger partial charge is 0.261 e. The van der Waals surface area contributed by atoms with Gasteiger partial charge in [-0.25, -0.2) is 0 Å². The predicted octanol–water partition coefficient (Wildman–Crippen LogP) is 5.19. The molecular formula is C28H31ClN2O3. The third-order valence-electron chi connectivity index (χ3n) is 5.41. The highest BCUT2D eigenvalue weighted by Gasteiger charge is 2.30. The van der Waals surface area contributed by atoms with Crippen molar-refractivity contribution in [3.8, 4) is 5.75 Å². The third kappa shape index (κ3) is 7.63. The molecule has 0 fully saturated rings. The van der Waals surface area contributed by atoms with Crippen LogP contribution in [0.1, 0.15) is 30.0 Å². The number of hydrogen-bond donors (Lipinski definition) is 1. The summed E-state index contributed by atoms with van der Waals surface area (Å²) in [5.74, 6) is 0.0647. The highest BCUT2D eigenvalue weighted by molar-refractivity contribution is 6.30. The number of carbonyl (C=O) groups is 2. The van der Waals surface area contributed by atoms with E-state index in [9.17, 15) is 9.59 Å². The van der Waals surface area contributed by atoms with Crippen LogP contribution in [0.4, 0.5) is 0 Å². The summed E-state index contributed by atoms with van der Waals surface area (Å²) in [6.07, 6.45) is 1.22. The molecule has 5 nitrogen and oxygen atoms in total. The summed E-state index contributed by atoms with van der Waals surface area (Å²) >= 11 is 6.05. The number of ether oxygens (including phenoxy) is 1. The molecule has 6 heteroatoms. The minimum Gasteiger partial charge on any atom is -0.484 e. The van der Waals surface area contributed by atoms with Crippen LogP contribution in [0.3, 0.4) is 0 Å². The van der Waals surface area contributed by atoms with Gasteiger partial charge in [-0.15, -0.1) is 0 Å². The topological polar surface area (TPSA) is 58.6 Å². The molecule has 0 aliphatic rings. The number of hydrogen-bond acceptors (Lipinski definition) is 3. The van der Waals surface area contributed by atoms with Crippen molar-refractivity contribution in [3.63, 3.8) is 0 Å². The molecule has 0 radical (unpaired) electrons. The Morgan fingerprint density at radius 1 is 0.971 bits per heavy atom. The van der Waals surface area contributed by atoms with Crippen molar-refractivity contribution in [1.29, 1.82) is 0 Å². The fourth-order valence-electron chi connectivity index (χ4n) is 3.71. The maximum absolute atomic E-state index is 13.5. The molecule has 1 atom stereocenters. The Balaban J connectivity index is 1.89. The highest BCUT2D eigenvalue weighted by atomic mass is 35.5. The van der Waals surface area contributed by atoms with Gasteiger partial charge >= 0.3 is 0 Å². The van der Waals surface area contributed by atoms with E-state index in [1.54, 1.807) is 29.2 Å². The number of benzene rings is 3. The van der Waals surface area contributed by atoms with Crippen molar-refractivity contribution < 1.29 is 14.3 Å². The van der Waals surface area contributed by atoms with E-state index in [2.05, 4.69) is 5.32 Å². The van der Waals surface area contributed by atoms with Crippen LogP contribution in [0.25, 0.3) is 0 Å². The molecule has 0 bridgehead atoms. The molecule has 0 aromatic heterocycles. The Morgan fingerprint density at radius 3 is 2.41 bits per heavy atom. The monoisotopic (exact) mass is 478 g/mol. The second kappa shape index (κ2) is 12.8. The molecule has 0 saturated heterocycles. The first kappa shape index (κ1) is 25.3. The zero-order chi connectivity index (χ0) is 24.3. The average Bonchev–Trinajstić information content (AvgIpc) is 2.84. The Bertz CT molecular complexity index is 1090. The molecule has 178 valence electrons. The van der Waals surface area contributed by atoms with Crippen molar-refractivity contribution in [3.05, 3.63) is 101 Å². The first-order valence-corrected chi connectivity index (χ1v) is 11.9. The fraction of sp³-hybridized carbons (Fsp3) is 0.286. The molecule has 34 heavy (non-hydrogen) atoms. The number of amides is 2. The zero-order valence-electron chi connectivity index (χ0n) is 19.7. The van der Waals surface area contributed by atoms with Crippen molar-refractivity contribution in [1.82, 2.24) is 10.2 Å². The zero-order valence-corrected chi connectivity index (χ0v) is 20.4. The molecule has 0 aliphatic heterocycles. The van der Waals surface area contributed by atoms with Gasteiger partial charge in [-0.2, -0.15) is 0 Å². The van der Waals surface area contributed by atoms with Gasteiger partial charge in [-0.3, -0.25) is 9.59 Å². The van der Waals surface area contributed by atoms with Crippen LogP contribution in [-0.2, 0) is 22.6 Å². The molecule has 3 aromatic rings. The number of rotatable bonds is 11. The Morgan fingerprint density at radius 2 is 1.71 bits per heavy atom. The second-order valence-electron chi connectivity index (χ2n) is 8.25. The summed E-state index contributed by atoms with van der Waals surface area (Å²) in [7, 11) is 0. The Kier molecular flexibility index (Phi) is 9.53. The third-order valence-corrected chi connectivity index (χ3v) is 5.65. The van der Waals surface area contributed by atoms with E-state index in [0.717, 1.165) is 23.1 Å². The number of nitrogens with one attached hydrogen (secondary N) is 1. The van der Waals surface area contributed by atoms with Crippen LogP contribution in [0.15, 0.2) is 78.9 Å². The molecule has 1 N–H and O–H groups in total. The van der Waals surface area contributed by atoms with Crippen LogP contribution in [-0.4, -0.2) is 35.9 Å². The van der Waals surface area contributed by atoms with Gasteiger partial charge in [0.05, 0.1) is 0 Å². The van der Waals surface area contributed by atoms with E-state index in [-0.39, 0.29) is 18.4 Å². The van der Waals surface area contributed by atoms with E-state index in [4.69, 9.17) is 16.3 Å². The van der Waals surface area contributed by atoms with Crippen LogP contribution < -0.4 is 10.1 Å². The van der Waals surface area contributed by atoms with Crippen molar-refractivity contribution in [2.75, 3.05) is 13.2 Å². The maximum Gasteiger partial charge on any atom is 0.261 e. The number of carbonyl (C=O) groups excluding carboxylic acids is 2. The average molecular weight is 479 g/mol. The fourth-order valence-corrected chi connectivity index (χ4v) is 3.89. The van der Waals surface area contributed by atoms with E-state index in [1.807, 2.05) is 68.4 Å². The molecular weight excluding hydrogens is 448 g/mol. The van der Waals surface area contributed by atoms with Crippen molar-refractivity contribution in [2.24, 2.45) is 0 Å². The first-order chi connectivity index (χ1) is 16.5. The van der Waals surface area contributed by atoms with Gasteiger partial charge in [0.1, 0.15) is 11.8 Å². The van der Waals surface area contributed by atoms with E-state index < -0.39 is 6.04 Å². The van der Waals surface area contributed by atoms with Crippen LogP contribution >= 0.6 is 11.6 Å². The Labute approximate surface area is 206 Å². The molecule has 0 spiro atoms. The standard InChI is InChI=1S/C28H31ClN2O3/c1-3-15-30-28(33)26(17-22-10-5-4-6-11-22)31(19-23-12-7-9-21(2)16-23)27(32)20-34-25-14-8-13-24(29)18-25/h4-14,16,18,26H,3,15,17,19-20H2,1-2H3,(H,30,33)/t26-/m0/s1. The molecule has 3 rings (SSSR count). The Hall–Kier alpha value is -3.31. The van der Waals surface area contributed by atoms with Gasteiger partial charge in [0.15, 0.2) is 6.61 Å². The van der Waals surface area contributed by atoms with E-state index >= 15 is 0 Å². The lowest BCUT2D eigenvalue weighted by atomic mass is 10.0. The van der Waals surface area contributed by atoms with E-state index in [0.29, 0.717) is 30.3 Å². The molecule has 3 aromatic carbocycles. The van der Waals surface area contributed by atoms with Crippen molar-refractivity contribution >= 4 is 23.4 Å². The lowest BCUT2D eigenvalue weighted by molar-refractivity contribution is -0.142. The lowest BCUT2D eigenvalue weighted by Crippen LogP contribution is -2.51. The summed E-state index contributed by atoms with van der Waals surface area (Å²) in [5.41, 5.74) is 3.03. The molecule has 0 aliphatic carbocycles. The minimum atomic E-state index is -0.676. The molecule has 0 unspecified atom stereocenters. The van der Waals surface area contributed by atoms with Crippen LogP contribution in [0.2, 0.25) is 5.02 Å². The maximum atomic E-state index is 13.5. The largest absolute Gasteiger partial charge is 0.484 e. The minimum absolute atomic E-state index is 0.172. The normalized spacial score (nSPS) is 11.5. The molecule has 0 heterocycles. The summed E-state index contributed by atoms with van der Waals surface area (Å²) in [6.45, 7) is 4.67. The summed E-state index contributed by atoms with van der Waals surface area (Å²) in [5, 5.41) is 3.51. The van der Waals surface area contributed by atoms with E-state index in [1.165, 1.54) is 0 Å². The van der Waals surface area contributed by atoms with Gasteiger partial charge in [0, 0.05) is 24.5 Å². The predicted molar refractivity (Wildman–Crippen MR) is 136 cm³/mol. The van der Waals surface area contributed by atoms with Crippen LogP contribution in [0, 0.1) is 6.92 Å². The van der Waals surface area contributed by atoms with Gasteiger partial charge in [0.25, 0.3) is 5.91 Å². The summed E-state index contributed by atoms with van der Waals surface area (Å²) in [4.78, 5) is 28.4. The lowest BCUT2D eigenvalue weighted by Gasteiger charge is -2.31. The molecule has 0 saturated carbocycles. The highest BCUT2D eigenvalue weighted by Crippen LogP contribution is 2.19.